The van der Waals surface area contributed by atoms with E-state index in [1.54, 1.807) is 0 Å². The highest BCUT2D eigenvalue weighted by Crippen LogP contribution is 2.17. The van der Waals surface area contributed by atoms with Crippen LogP contribution < -0.4 is 10.5 Å². The van der Waals surface area contributed by atoms with Gasteiger partial charge < -0.3 is 15.5 Å². The number of nitrogen functional groups attached to an aromatic ring is 1. The van der Waals surface area contributed by atoms with Gasteiger partial charge in [-0.2, -0.15) is 4.98 Å². The molecule has 0 atom stereocenters. The fourth-order valence-electron chi connectivity index (χ4n) is 0.844. The molecule has 0 amide bonds. The lowest BCUT2D eigenvalue weighted by molar-refractivity contribution is 0.263. The van der Waals surface area contributed by atoms with Gasteiger partial charge >= 0.3 is 0 Å². The summed E-state index contributed by atoms with van der Waals surface area (Å²) in [5, 5.41) is 0. The molecule has 4 nitrogen and oxygen atoms in total. The normalized spacial score (nSPS) is 10.7. The van der Waals surface area contributed by atoms with Crippen molar-refractivity contribution in [1.29, 1.82) is 0 Å². The molecular formula is C8H15N3O. The van der Waals surface area contributed by atoms with Gasteiger partial charge in [0, 0.05) is 0 Å². The van der Waals surface area contributed by atoms with Crippen molar-refractivity contribution >= 4 is 5.82 Å². The largest absolute Gasteiger partial charge is 0.475 e. The van der Waals surface area contributed by atoms with Gasteiger partial charge in [-0.1, -0.05) is 13.8 Å². The summed E-state index contributed by atoms with van der Waals surface area (Å²) < 4.78 is 5.35. The summed E-state index contributed by atoms with van der Waals surface area (Å²) in [6.45, 7) is 6.65. The number of ether oxygens (including phenoxy) is 1. The number of nitrogens with two attached hydrogens (primary N) is 1. The standard InChI is InChI=1S/C8H15N3O/c1-5(2)4-12-8-7(9)10-6(3)11-8/h5H,4,9H2,1-3H3,(H,10,11). The second-order valence-electron chi connectivity index (χ2n) is 3.25. The predicted octanol–water partition coefficient (Wildman–Crippen LogP) is 1.34. The Balaban J connectivity index is 2.57. The number of anilines is 1. The zero-order valence-electron chi connectivity index (χ0n) is 7.72. The minimum atomic E-state index is 0.487. The van der Waals surface area contributed by atoms with Crippen molar-refractivity contribution in [3.63, 3.8) is 0 Å². The number of imidazole rings is 1. The van der Waals surface area contributed by atoms with Gasteiger partial charge in [-0.15, -0.1) is 0 Å². The van der Waals surface area contributed by atoms with Crippen molar-refractivity contribution in [3.05, 3.63) is 5.82 Å². The molecule has 0 aliphatic carbocycles. The topological polar surface area (TPSA) is 63.9 Å². The Hall–Kier alpha value is -1.19. The van der Waals surface area contributed by atoms with Crippen molar-refractivity contribution in [1.82, 2.24) is 9.97 Å². The minimum absolute atomic E-state index is 0.487. The fourth-order valence-corrected chi connectivity index (χ4v) is 0.844. The molecule has 0 saturated carbocycles. The first-order valence-corrected chi connectivity index (χ1v) is 4.04. The van der Waals surface area contributed by atoms with Crippen LogP contribution in [-0.2, 0) is 0 Å². The zero-order valence-corrected chi connectivity index (χ0v) is 7.72. The SMILES string of the molecule is Cc1nc(OCC(C)C)c(N)[nH]1. The van der Waals surface area contributed by atoms with Crippen molar-refractivity contribution in [3.8, 4) is 5.88 Å². The van der Waals surface area contributed by atoms with Crippen LogP contribution in [0, 0.1) is 12.8 Å². The third kappa shape index (κ3) is 2.15. The molecule has 0 aliphatic heterocycles. The quantitative estimate of drug-likeness (QED) is 0.717. The molecule has 4 heteroatoms. The first-order valence-electron chi connectivity index (χ1n) is 4.04. The Bertz CT molecular complexity index is 255. The molecule has 68 valence electrons. The average molecular weight is 169 g/mol. The molecule has 12 heavy (non-hydrogen) atoms. The van der Waals surface area contributed by atoms with E-state index in [0.29, 0.717) is 24.2 Å². The molecule has 1 aromatic rings. The van der Waals surface area contributed by atoms with E-state index >= 15 is 0 Å². The summed E-state index contributed by atoms with van der Waals surface area (Å²) in [6, 6.07) is 0. The monoisotopic (exact) mass is 169 g/mol. The third-order valence-corrected chi connectivity index (χ3v) is 1.37. The highest BCUT2D eigenvalue weighted by Gasteiger charge is 2.05. The van der Waals surface area contributed by atoms with Crippen LogP contribution in [0.3, 0.4) is 0 Å². The van der Waals surface area contributed by atoms with Crippen molar-refractivity contribution < 1.29 is 4.74 Å². The summed E-state index contributed by atoms with van der Waals surface area (Å²) in [6.07, 6.45) is 0. The number of hydrogen-bond donors (Lipinski definition) is 2. The van der Waals surface area contributed by atoms with E-state index in [1.165, 1.54) is 0 Å². The Morgan fingerprint density at radius 1 is 1.58 bits per heavy atom. The maximum atomic E-state index is 5.58. The smallest absolute Gasteiger partial charge is 0.256 e. The molecule has 1 rings (SSSR count). The van der Waals surface area contributed by atoms with E-state index in [4.69, 9.17) is 10.5 Å². The maximum Gasteiger partial charge on any atom is 0.256 e. The Kier molecular flexibility index (Phi) is 2.58. The molecule has 0 bridgehead atoms. The Morgan fingerprint density at radius 2 is 2.25 bits per heavy atom. The second-order valence-corrected chi connectivity index (χ2v) is 3.25. The minimum Gasteiger partial charge on any atom is -0.475 e. The van der Waals surface area contributed by atoms with Crippen LogP contribution in [0.1, 0.15) is 19.7 Å². The summed E-state index contributed by atoms with van der Waals surface area (Å²) >= 11 is 0. The number of aromatic nitrogens is 2. The maximum absolute atomic E-state index is 5.58. The van der Waals surface area contributed by atoms with Crippen LogP contribution in [0.4, 0.5) is 5.82 Å². The number of rotatable bonds is 3. The van der Waals surface area contributed by atoms with Gasteiger partial charge in [0.2, 0.25) is 0 Å². The lowest BCUT2D eigenvalue weighted by atomic mass is 10.2. The van der Waals surface area contributed by atoms with E-state index in [9.17, 15) is 0 Å². The molecule has 0 spiro atoms. The van der Waals surface area contributed by atoms with E-state index in [2.05, 4.69) is 23.8 Å². The van der Waals surface area contributed by atoms with E-state index in [1.807, 2.05) is 6.92 Å². The second kappa shape index (κ2) is 3.47. The molecule has 0 fully saturated rings. The number of aryl methyl sites for hydroxylation is 1. The summed E-state index contributed by atoms with van der Waals surface area (Å²) in [4.78, 5) is 6.95. The number of H-pyrrole nitrogens is 1. The summed E-state index contributed by atoms with van der Waals surface area (Å²) in [5.41, 5.74) is 5.58. The van der Waals surface area contributed by atoms with Gasteiger partial charge in [0.15, 0.2) is 5.82 Å². The molecule has 0 unspecified atom stereocenters. The molecule has 0 saturated heterocycles. The van der Waals surface area contributed by atoms with Gasteiger partial charge in [-0.25, -0.2) is 0 Å². The Morgan fingerprint density at radius 3 is 2.67 bits per heavy atom. The van der Waals surface area contributed by atoms with Crippen LogP contribution in [0.25, 0.3) is 0 Å². The lowest BCUT2D eigenvalue weighted by Gasteiger charge is -2.05. The van der Waals surface area contributed by atoms with Gasteiger partial charge in [0.05, 0.1) is 6.61 Å². The van der Waals surface area contributed by atoms with Crippen LogP contribution in [0.2, 0.25) is 0 Å². The van der Waals surface area contributed by atoms with Crippen LogP contribution >= 0.6 is 0 Å². The van der Waals surface area contributed by atoms with E-state index < -0.39 is 0 Å². The lowest BCUT2D eigenvalue weighted by Crippen LogP contribution is -2.05. The molecule has 1 aromatic heterocycles. The van der Waals surface area contributed by atoms with Crippen LogP contribution in [-0.4, -0.2) is 16.6 Å². The number of nitrogens with zero attached hydrogens (tertiary/aromatic N) is 1. The number of hydrogen-bond acceptors (Lipinski definition) is 3. The number of nitrogens with one attached hydrogen (secondary N) is 1. The van der Waals surface area contributed by atoms with Gasteiger partial charge in [0.25, 0.3) is 5.88 Å². The molecule has 0 aromatic carbocycles. The first-order chi connectivity index (χ1) is 5.59. The zero-order chi connectivity index (χ0) is 9.14. The highest BCUT2D eigenvalue weighted by molar-refractivity contribution is 5.41. The van der Waals surface area contributed by atoms with E-state index in [0.717, 1.165) is 5.82 Å². The number of aromatic amines is 1. The highest BCUT2D eigenvalue weighted by atomic mass is 16.5. The van der Waals surface area contributed by atoms with Crippen molar-refractivity contribution in [2.75, 3.05) is 12.3 Å². The summed E-state index contributed by atoms with van der Waals surface area (Å²) in [7, 11) is 0. The van der Waals surface area contributed by atoms with Gasteiger partial charge in [-0.05, 0) is 12.8 Å². The van der Waals surface area contributed by atoms with Crippen LogP contribution in [0.5, 0.6) is 5.88 Å². The average Bonchev–Trinajstić information content (AvgIpc) is 2.26. The van der Waals surface area contributed by atoms with Crippen molar-refractivity contribution in [2.24, 2.45) is 5.92 Å². The molecule has 1 heterocycles. The molecular weight excluding hydrogens is 154 g/mol. The predicted molar refractivity (Wildman–Crippen MR) is 48.1 cm³/mol. The van der Waals surface area contributed by atoms with Crippen molar-refractivity contribution in [2.45, 2.75) is 20.8 Å². The molecule has 0 aliphatic rings. The third-order valence-electron chi connectivity index (χ3n) is 1.37. The first kappa shape index (κ1) is 8.90. The van der Waals surface area contributed by atoms with E-state index in [-0.39, 0.29) is 0 Å². The molecule has 0 radical (unpaired) electrons. The fraction of sp³-hybridized carbons (Fsp3) is 0.625. The molecule has 3 N–H and O–H groups in total. The van der Waals surface area contributed by atoms with Gasteiger partial charge in [0.1, 0.15) is 5.82 Å². The Labute approximate surface area is 72.1 Å². The van der Waals surface area contributed by atoms with Gasteiger partial charge in [-0.3, -0.25) is 0 Å². The summed E-state index contributed by atoms with van der Waals surface area (Å²) in [5.74, 6) is 2.29. The van der Waals surface area contributed by atoms with Crippen LogP contribution in [0.15, 0.2) is 0 Å².